The standard InChI is InChI=1S/C17H36NO10P/c1-23-12-13-25-14-16(26-10-7-9-19)15-27-17(20)18-8-5-3-4-6-11-28-29(21,22)24-2/h16,19H,3-15H2,1-2H3,(H,18,20)(H,21,22). The fourth-order valence-electron chi connectivity index (χ4n) is 2.04. The van der Waals surface area contributed by atoms with Gasteiger partial charge >= 0.3 is 13.9 Å². The van der Waals surface area contributed by atoms with Gasteiger partial charge in [0.1, 0.15) is 12.7 Å². The number of nitrogens with one attached hydrogen (secondary N) is 1. The normalized spacial score (nSPS) is 14.3. The zero-order valence-corrected chi connectivity index (χ0v) is 18.3. The minimum atomic E-state index is -3.90. The third kappa shape index (κ3) is 19.0. The number of unbranched alkanes of at least 4 members (excludes halogenated alkanes) is 3. The van der Waals surface area contributed by atoms with E-state index in [4.69, 9.17) is 33.5 Å². The lowest BCUT2D eigenvalue weighted by Gasteiger charge is -2.18. The van der Waals surface area contributed by atoms with Crippen molar-refractivity contribution in [1.29, 1.82) is 0 Å². The number of hydrogen-bond donors (Lipinski definition) is 3. The molecule has 0 saturated heterocycles. The molecule has 0 bridgehead atoms. The third-order valence-corrected chi connectivity index (χ3v) is 4.59. The first kappa shape index (κ1) is 28.2. The molecule has 11 nitrogen and oxygen atoms in total. The smallest absolute Gasteiger partial charge is 0.447 e. The molecule has 0 radical (unpaired) electrons. The van der Waals surface area contributed by atoms with Gasteiger partial charge in [-0.2, -0.15) is 0 Å². The van der Waals surface area contributed by atoms with Crippen molar-refractivity contribution in [3.8, 4) is 0 Å². The number of methoxy groups -OCH3 is 1. The molecule has 0 rings (SSSR count). The average molecular weight is 445 g/mol. The van der Waals surface area contributed by atoms with Gasteiger partial charge in [-0.3, -0.25) is 9.05 Å². The Morgan fingerprint density at radius 2 is 1.76 bits per heavy atom. The van der Waals surface area contributed by atoms with E-state index in [-0.39, 0.29) is 26.4 Å². The van der Waals surface area contributed by atoms with Gasteiger partial charge < -0.3 is 34.3 Å². The number of aliphatic hydroxyl groups is 1. The molecule has 0 aromatic rings. The first-order valence-corrected chi connectivity index (χ1v) is 11.2. The van der Waals surface area contributed by atoms with Crippen molar-refractivity contribution in [3.05, 3.63) is 0 Å². The predicted molar refractivity (Wildman–Crippen MR) is 105 cm³/mol. The second-order valence-electron chi connectivity index (χ2n) is 6.06. The Bertz CT molecular complexity index is 440. The molecular formula is C17H36NO10P. The lowest BCUT2D eigenvalue weighted by atomic mass is 10.2. The van der Waals surface area contributed by atoms with Crippen molar-refractivity contribution in [3.63, 3.8) is 0 Å². The van der Waals surface area contributed by atoms with E-state index >= 15 is 0 Å². The Balaban J connectivity index is 3.78. The highest BCUT2D eigenvalue weighted by Crippen LogP contribution is 2.41. The third-order valence-electron chi connectivity index (χ3n) is 3.62. The number of carbonyl (C=O) groups is 1. The van der Waals surface area contributed by atoms with Crippen molar-refractivity contribution >= 4 is 13.9 Å². The fourth-order valence-corrected chi connectivity index (χ4v) is 2.50. The van der Waals surface area contributed by atoms with E-state index in [1.165, 1.54) is 0 Å². The number of rotatable bonds is 20. The van der Waals surface area contributed by atoms with Gasteiger partial charge in [-0.05, 0) is 19.3 Å². The number of phosphoric acid groups is 1. The molecular weight excluding hydrogens is 409 g/mol. The Kier molecular flexibility index (Phi) is 18.7. The maximum atomic E-state index is 11.7. The van der Waals surface area contributed by atoms with E-state index in [9.17, 15) is 9.36 Å². The molecule has 29 heavy (non-hydrogen) atoms. The first-order valence-electron chi connectivity index (χ1n) is 9.68. The summed E-state index contributed by atoms with van der Waals surface area (Å²) >= 11 is 0. The van der Waals surface area contributed by atoms with E-state index in [1.807, 2.05) is 0 Å². The molecule has 2 atom stereocenters. The lowest BCUT2D eigenvalue weighted by Crippen LogP contribution is -2.32. The summed E-state index contributed by atoms with van der Waals surface area (Å²) in [5.41, 5.74) is 0. The van der Waals surface area contributed by atoms with E-state index in [1.54, 1.807) is 7.11 Å². The molecule has 1 amide bonds. The van der Waals surface area contributed by atoms with Gasteiger partial charge in [0.25, 0.3) is 0 Å². The van der Waals surface area contributed by atoms with Crippen molar-refractivity contribution < 1.29 is 47.4 Å². The number of alkyl carbamates (subject to hydrolysis) is 1. The largest absolute Gasteiger partial charge is 0.471 e. The van der Waals surface area contributed by atoms with Crippen molar-refractivity contribution in [2.24, 2.45) is 0 Å². The van der Waals surface area contributed by atoms with Gasteiger partial charge in [0.05, 0.1) is 26.4 Å². The van der Waals surface area contributed by atoms with Crippen LogP contribution in [-0.2, 0) is 32.6 Å². The van der Waals surface area contributed by atoms with Crippen molar-refractivity contribution in [2.75, 3.05) is 67.0 Å². The minimum absolute atomic E-state index is 0.0242. The molecule has 3 N–H and O–H groups in total. The molecule has 0 aliphatic carbocycles. The zero-order valence-electron chi connectivity index (χ0n) is 17.4. The van der Waals surface area contributed by atoms with Crippen LogP contribution < -0.4 is 5.32 Å². The van der Waals surface area contributed by atoms with E-state index < -0.39 is 20.0 Å². The quantitative estimate of drug-likeness (QED) is 0.186. The number of carbonyl (C=O) groups excluding carboxylic acids is 1. The number of phosphoric ester groups is 1. The highest BCUT2D eigenvalue weighted by molar-refractivity contribution is 7.47. The van der Waals surface area contributed by atoms with E-state index in [2.05, 4.69) is 9.84 Å². The number of aliphatic hydroxyl groups excluding tert-OH is 1. The number of amides is 1. The highest BCUT2D eigenvalue weighted by atomic mass is 31.2. The predicted octanol–water partition coefficient (Wildman–Crippen LogP) is 1.47. The summed E-state index contributed by atoms with van der Waals surface area (Å²) in [4.78, 5) is 20.8. The molecule has 0 spiro atoms. The summed E-state index contributed by atoms with van der Waals surface area (Å²) in [5, 5.41) is 11.5. The van der Waals surface area contributed by atoms with Gasteiger partial charge in [0.2, 0.25) is 0 Å². The van der Waals surface area contributed by atoms with Crippen LogP contribution in [0.2, 0.25) is 0 Å². The van der Waals surface area contributed by atoms with Gasteiger partial charge in [0.15, 0.2) is 0 Å². The van der Waals surface area contributed by atoms with Gasteiger partial charge in [-0.1, -0.05) is 12.8 Å². The molecule has 0 aromatic heterocycles. The molecule has 0 saturated carbocycles. The molecule has 2 unspecified atom stereocenters. The highest BCUT2D eigenvalue weighted by Gasteiger charge is 2.17. The average Bonchev–Trinajstić information content (AvgIpc) is 2.70. The minimum Gasteiger partial charge on any atom is -0.447 e. The van der Waals surface area contributed by atoms with Gasteiger partial charge in [0, 0.05) is 34.0 Å². The van der Waals surface area contributed by atoms with Crippen molar-refractivity contribution in [2.45, 2.75) is 38.2 Å². The van der Waals surface area contributed by atoms with E-state index in [0.717, 1.165) is 26.4 Å². The first-order chi connectivity index (χ1) is 13.9. The second kappa shape index (κ2) is 19.2. The molecule has 0 aliphatic heterocycles. The topological polar surface area (TPSA) is 142 Å². The molecule has 0 aromatic carbocycles. The van der Waals surface area contributed by atoms with E-state index in [0.29, 0.717) is 39.2 Å². The van der Waals surface area contributed by atoms with Crippen LogP contribution in [0.4, 0.5) is 4.79 Å². The summed E-state index contributed by atoms with van der Waals surface area (Å²) in [6.45, 7) is 2.14. The summed E-state index contributed by atoms with van der Waals surface area (Å²) in [7, 11) is -1.20. The molecule has 12 heteroatoms. The summed E-state index contributed by atoms with van der Waals surface area (Å²) < 4.78 is 41.1. The summed E-state index contributed by atoms with van der Waals surface area (Å²) in [6, 6.07) is 0. The summed E-state index contributed by atoms with van der Waals surface area (Å²) in [6.07, 6.45) is 2.52. The number of hydrogen-bond acceptors (Lipinski definition) is 9. The van der Waals surface area contributed by atoms with Crippen LogP contribution in [0.25, 0.3) is 0 Å². The molecule has 0 fully saturated rings. The van der Waals surface area contributed by atoms with Crippen molar-refractivity contribution in [1.82, 2.24) is 5.32 Å². The summed E-state index contributed by atoms with van der Waals surface area (Å²) in [5.74, 6) is 0. The van der Waals surface area contributed by atoms with Crippen LogP contribution in [0.1, 0.15) is 32.1 Å². The molecule has 0 aliphatic rings. The van der Waals surface area contributed by atoms with Crippen LogP contribution in [0.3, 0.4) is 0 Å². The van der Waals surface area contributed by atoms with Gasteiger partial charge in [-0.15, -0.1) is 0 Å². The van der Waals surface area contributed by atoms with Crippen LogP contribution in [-0.4, -0.2) is 89.2 Å². The fraction of sp³-hybridized carbons (Fsp3) is 0.941. The lowest BCUT2D eigenvalue weighted by molar-refractivity contribution is -0.0544. The Morgan fingerprint density at radius 3 is 2.45 bits per heavy atom. The number of ether oxygens (including phenoxy) is 4. The monoisotopic (exact) mass is 445 g/mol. The second-order valence-corrected chi connectivity index (χ2v) is 7.62. The Labute approximate surface area is 172 Å². The Hall–Kier alpha value is -0.780. The Morgan fingerprint density at radius 1 is 1.00 bits per heavy atom. The van der Waals surface area contributed by atoms with Crippen LogP contribution in [0.15, 0.2) is 0 Å². The van der Waals surface area contributed by atoms with Crippen LogP contribution in [0.5, 0.6) is 0 Å². The molecule has 174 valence electrons. The van der Waals surface area contributed by atoms with Crippen LogP contribution in [0, 0.1) is 0 Å². The van der Waals surface area contributed by atoms with Gasteiger partial charge in [-0.25, -0.2) is 9.36 Å². The van der Waals surface area contributed by atoms with Crippen LogP contribution >= 0.6 is 7.82 Å². The zero-order chi connectivity index (χ0) is 21.8. The SMILES string of the molecule is COCCOCC(COC(=O)NCCCCCCOP(=O)(O)OC)OCCCO. The maximum absolute atomic E-state index is 11.7. The maximum Gasteiger partial charge on any atom is 0.471 e. The molecule has 0 heterocycles.